The normalized spacial score (nSPS) is 11.2. The number of hydrogen-bond donors (Lipinski definition) is 0. The first-order valence-electron chi connectivity index (χ1n) is 7.57. The molecule has 0 bridgehead atoms. The molecule has 0 amide bonds. The third-order valence-corrected chi connectivity index (χ3v) is 9.20. The maximum absolute atomic E-state index is 2.32. The molecule has 0 unspecified atom stereocenters. The van der Waals surface area contributed by atoms with E-state index in [1.54, 1.807) is 15.6 Å². The van der Waals surface area contributed by atoms with Crippen molar-refractivity contribution >= 4 is 14.7 Å². The van der Waals surface area contributed by atoms with Gasteiger partial charge in [-0.05, 0) is 0 Å². The minimum atomic E-state index is -0.397. The molecule has 0 aliphatic carbocycles. The molecule has 0 nitrogen and oxygen atoms in total. The first-order valence-corrected chi connectivity index (χ1v) is 11.6. The van der Waals surface area contributed by atoms with Gasteiger partial charge in [-0.2, -0.15) is 0 Å². The van der Waals surface area contributed by atoms with E-state index in [9.17, 15) is 0 Å². The molecule has 98 valence electrons. The Morgan fingerprint density at radius 1 is 0.500 bits per heavy atom. The third-order valence-electron chi connectivity index (χ3n) is 3.23. The van der Waals surface area contributed by atoms with Crippen LogP contribution in [0.1, 0.15) is 78.6 Å². The van der Waals surface area contributed by atoms with Crippen LogP contribution in [0.25, 0.3) is 0 Å². The minimum absolute atomic E-state index is 0.397. The summed E-state index contributed by atoms with van der Waals surface area (Å²) in [4.78, 5) is 0. The topological polar surface area (TPSA) is 0 Å². The molecule has 0 rings (SSSR count). The van der Waals surface area contributed by atoms with Crippen molar-refractivity contribution in [2.75, 3.05) is 0 Å². The van der Waals surface area contributed by atoms with Crippen molar-refractivity contribution in [1.82, 2.24) is 0 Å². The van der Waals surface area contributed by atoms with Gasteiger partial charge in [0.2, 0.25) is 0 Å². The van der Waals surface area contributed by atoms with Crippen LogP contribution in [-0.2, 0) is 0 Å². The van der Waals surface area contributed by atoms with Gasteiger partial charge in [0, 0.05) is 0 Å². The van der Waals surface area contributed by atoms with Crippen LogP contribution in [0.2, 0.25) is 15.6 Å². The summed E-state index contributed by atoms with van der Waals surface area (Å²) in [5, 5.41) is 4.94. The number of hydrogen-bond acceptors (Lipinski definition) is 0. The van der Waals surface area contributed by atoms with Crippen LogP contribution in [0.4, 0.5) is 0 Å². The summed E-state index contributed by atoms with van der Waals surface area (Å²) in [7, 11) is 0. The molecule has 0 saturated carbocycles. The monoisotopic (exact) mass is 288 g/mol. The van der Waals surface area contributed by atoms with E-state index in [0.717, 1.165) is 0 Å². The van der Waals surface area contributed by atoms with Crippen molar-refractivity contribution in [2.24, 2.45) is 0 Å². The predicted octanol–water partition coefficient (Wildman–Crippen LogP) is 6.05. The summed E-state index contributed by atoms with van der Waals surface area (Å²) < 4.78 is 0. The van der Waals surface area contributed by atoms with E-state index < -0.39 is 14.7 Å². The summed E-state index contributed by atoms with van der Waals surface area (Å²) in [5.41, 5.74) is 0. The average molecular weight is 288 g/mol. The van der Waals surface area contributed by atoms with Crippen LogP contribution >= 0.6 is 0 Å². The molecule has 0 saturated heterocycles. The zero-order chi connectivity index (χ0) is 12.1. The molecule has 0 heterocycles. The van der Waals surface area contributed by atoms with Crippen molar-refractivity contribution in [3.05, 3.63) is 0 Å². The Labute approximate surface area is 109 Å². The van der Waals surface area contributed by atoms with Crippen LogP contribution in [0.15, 0.2) is 0 Å². The maximum atomic E-state index is 2.32. The quantitative estimate of drug-likeness (QED) is 0.303. The summed E-state index contributed by atoms with van der Waals surface area (Å²) >= 11 is -0.397. The third kappa shape index (κ3) is 11.1. The van der Waals surface area contributed by atoms with Crippen molar-refractivity contribution in [2.45, 2.75) is 94.2 Å². The Bertz CT molecular complexity index is 98.8. The number of unbranched alkanes of at least 4 members (excludes halogenated alkanes) is 6. The molecule has 0 radical (unpaired) electrons. The summed E-state index contributed by atoms with van der Waals surface area (Å²) in [6.45, 7) is 6.97. The van der Waals surface area contributed by atoms with Crippen LogP contribution in [-0.4, -0.2) is 14.7 Å². The van der Waals surface area contributed by atoms with Crippen LogP contribution < -0.4 is 0 Å². The van der Waals surface area contributed by atoms with Crippen molar-refractivity contribution in [3.63, 3.8) is 0 Å². The zero-order valence-electron chi connectivity index (χ0n) is 11.9. The van der Waals surface area contributed by atoms with Gasteiger partial charge in [-0.15, -0.1) is 0 Å². The molecule has 0 aromatic heterocycles. The van der Waals surface area contributed by atoms with Gasteiger partial charge >= 0.3 is 109 Å². The van der Waals surface area contributed by atoms with E-state index in [1.165, 1.54) is 57.8 Å². The van der Waals surface area contributed by atoms with E-state index in [0.29, 0.717) is 0 Å². The van der Waals surface area contributed by atoms with Gasteiger partial charge in [-0.1, -0.05) is 0 Å². The summed E-state index contributed by atoms with van der Waals surface area (Å²) in [5.74, 6) is 0. The SMILES string of the molecule is CCCCC[As](CCCCC)CCCCC. The van der Waals surface area contributed by atoms with E-state index >= 15 is 0 Å². The Morgan fingerprint density at radius 2 is 0.812 bits per heavy atom. The Morgan fingerprint density at radius 3 is 1.06 bits per heavy atom. The van der Waals surface area contributed by atoms with Gasteiger partial charge in [0.15, 0.2) is 0 Å². The molecule has 0 spiro atoms. The van der Waals surface area contributed by atoms with Gasteiger partial charge in [0.25, 0.3) is 0 Å². The van der Waals surface area contributed by atoms with E-state index in [4.69, 9.17) is 0 Å². The molecule has 0 aromatic carbocycles. The fourth-order valence-electron chi connectivity index (χ4n) is 2.09. The van der Waals surface area contributed by atoms with Gasteiger partial charge in [0.05, 0.1) is 0 Å². The molecule has 1 heteroatoms. The van der Waals surface area contributed by atoms with Gasteiger partial charge in [-0.25, -0.2) is 0 Å². The zero-order valence-corrected chi connectivity index (χ0v) is 13.8. The summed E-state index contributed by atoms with van der Waals surface area (Å²) in [6, 6.07) is 0. The predicted molar refractivity (Wildman–Crippen MR) is 78.8 cm³/mol. The molecule has 16 heavy (non-hydrogen) atoms. The van der Waals surface area contributed by atoms with Crippen molar-refractivity contribution in [3.8, 4) is 0 Å². The first kappa shape index (κ1) is 16.6. The molecule has 0 N–H and O–H groups in total. The first-order chi connectivity index (χ1) is 7.85. The average Bonchev–Trinajstić information content (AvgIpc) is 2.29. The van der Waals surface area contributed by atoms with Gasteiger partial charge in [0.1, 0.15) is 0 Å². The molecule has 0 aliphatic heterocycles. The number of rotatable bonds is 12. The standard InChI is InChI=1S/C15H33As/c1-4-7-10-13-16(14-11-8-5-2)15-12-9-6-3/h4-15H2,1-3H3. The summed E-state index contributed by atoms with van der Waals surface area (Å²) in [6.07, 6.45) is 13.2. The Balaban J connectivity index is 3.58. The molecule has 0 aliphatic rings. The van der Waals surface area contributed by atoms with Crippen molar-refractivity contribution in [1.29, 1.82) is 0 Å². The van der Waals surface area contributed by atoms with E-state index in [-0.39, 0.29) is 0 Å². The Hall–Kier alpha value is 0.558. The second-order valence-corrected chi connectivity index (χ2v) is 10.6. The second kappa shape index (κ2) is 13.6. The molecule has 0 aromatic rings. The van der Waals surface area contributed by atoms with Crippen LogP contribution in [0, 0.1) is 0 Å². The van der Waals surface area contributed by atoms with Gasteiger partial charge in [-0.3, -0.25) is 0 Å². The Kier molecular flexibility index (Phi) is 14.1. The van der Waals surface area contributed by atoms with Gasteiger partial charge < -0.3 is 0 Å². The van der Waals surface area contributed by atoms with Crippen molar-refractivity contribution < 1.29 is 0 Å². The van der Waals surface area contributed by atoms with E-state index in [1.807, 2.05) is 0 Å². The van der Waals surface area contributed by atoms with E-state index in [2.05, 4.69) is 20.8 Å². The molecular formula is C15H33As. The second-order valence-electron chi connectivity index (χ2n) is 4.96. The molecular weight excluding hydrogens is 255 g/mol. The molecule has 0 fully saturated rings. The molecule has 0 atom stereocenters. The van der Waals surface area contributed by atoms with Crippen LogP contribution in [0.3, 0.4) is 0 Å². The fraction of sp³-hybridized carbons (Fsp3) is 1.00. The van der Waals surface area contributed by atoms with Crippen LogP contribution in [0.5, 0.6) is 0 Å². The fourth-order valence-corrected chi connectivity index (χ4v) is 7.72.